The number of hydrogen-bond donors (Lipinski definition) is 0. The first-order chi connectivity index (χ1) is 13.9. The van der Waals surface area contributed by atoms with Gasteiger partial charge in [-0.2, -0.15) is 0 Å². The largest absolute Gasteiger partial charge is 0.457 e. The molecule has 146 valence electrons. The van der Waals surface area contributed by atoms with Gasteiger partial charge in [-0.25, -0.2) is 0 Å². The zero-order chi connectivity index (χ0) is 20.4. The van der Waals surface area contributed by atoms with E-state index in [-0.39, 0.29) is 5.41 Å². The van der Waals surface area contributed by atoms with Crippen molar-refractivity contribution in [1.29, 1.82) is 0 Å². The van der Waals surface area contributed by atoms with Crippen LogP contribution in [0.15, 0.2) is 71.3 Å². The van der Waals surface area contributed by atoms with E-state index in [1.54, 1.807) is 25.3 Å². The monoisotopic (exact) mass is 385 g/mol. The van der Waals surface area contributed by atoms with Gasteiger partial charge in [0.15, 0.2) is 0 Å². The molecule has 0 radical (unpaired) electrons. The van der Waals surface area contributed by atoms with Crippen molar-refractivity contribution in [2.75, 3.05) is 0 Å². The van der Waals surface area contributed by atoms with E-state index >= 15 is 0 Å². The second-order valence-electron chi connectivity index (χ2n) is 7.62. The molecule has 2 heterocycles. The lowest BCUT2D eigenvalue weighted by Gasteiger charge is -2.26. The molecule has 0 unspecified atom stereocenters. The minimum absolute atomic E-state index is 0.0914. The van der Waals surface area contributed by atoms with Crippen molar-refractivity contribution in [3.63, 3.8) is 0 Å². The van der Waals surface area contributed by atoms with Crippen molar-refractivity contribution in [2.45, 2.75) is 33.1 Å². The summed E-state index contributed by atoms with van der Waals surface area (Å²) >= 11 is 0. The Bertz CT molecular complexity index is 1110. The number of aryl methyl sites for hydroxylation is 2. The van der Waals surface area contributed by atoms with Crippen LogP contribution in [-0.2, 0) is 5.41 Å². The van der Waals surface area contributed by atoms with Crippen molar-refractivity contribution < 1.29 is 9.15 Å². The van der Waals surface area contributed by atoms with Gasteiger partial charge in [0, 0.05) is 24.6 Å². The molecule has 2 aromatic heterocycles. The summed E-state index contributed by atoms with van der Waals surface area (Å²) in [5, 5.41) is 7.84. The molecule has 5 heteroatoms. The van der Waals surface area contributed by atoms with Gasteiger partial charge >= 0.3 is 0 Å². The van der Waals surface area contributed by atoms with Gasteiger partial charge in [-0.05, 0) is 36.2 Å². The second-order valence-corrected chi connectivity index (χ2v) is 7.62. The fourth-order valence-electron chi connectivity index (χ4n) is 3.20. The summed E-state index contributed by atoms with van der Waals surface area (Å²) in [5.74, 6) is 2.30. The number of pyridine rings is 1. The maximum atomic E-state index is 6.01. The number of hydrogen-bond acceptors (Lipinski definition) is 5. The van der Waals surface area contributed by atoms with E-state index in [9.17, 15) is 0 Å². The summed E-state index contributed by atoms with van der Waals surface area (Å²) in [7, 11) is 0. The van der Waals surface area contributed by atoms with Crippen LogP contribution in [0.5, 0.6) is 11.5 Å². The van der Waals surface area contributed by atoms with Gasteiger partial charge in [-0.15, -0.1) is 10.2 Å². The lowest BCUT2D eigenvalue weighted by molar-refractivity contribution is 0.480. The van der Waals surface area contributed by atoms with Crippen molar-refractivity contribution in [3.8, 4) is 23.1 Å². The third kappa shape index (κ3) is 4.04. The van der Waals surface area contributed by atoms with Gasteiger partial charge in [-0.3, -0.25) is 4.98 Å². The lowest BCUT2D eigenvalue weighted by Crippen LogP contribution is -2.18. The molecule has 0 aliphatic heterocycles. The number of benzene rings is 2. The summed E-state index contributed by atoms with van der Waals surface area (Å²) < 4.78 is 11.4. The molecular formula is C24H23N3O2. The molecule has 4 rings (SSSR count). The zero-order valence-electron chi connectivity index (χ0n) is 17.0. The topological polar surface area (TPSA) is 61.0 Å². The molecule has 0 atom stereocenters. The average molecular weight is 385 g/mol. The van der Waals surface area contributed by atoms with Crippen LogP contribution in [-0.4, -0.2) is 15.2 Å². The summed E-state index contributed by atoms with van der Waals surface area (Å²) in [6, 6.07) is 20.5. The van der Waals surface area contributed by atoms with Crippen LogP contribution in [0.3, 0.4) is 0 Å². The highest BCUT2D eigenvalue weighted by molar-refractivity contribution is 5.50. The number of ether oxygens (including phenoxy) is 1. The first-order valence-electron chi connectivity index (χ1n) is 9.54. The van der Waals surface area contributed by atoms with Crippen LogP contribution in [0.25, 0.3) is 11.6 Å². The summed E-state index contributed by atoms with van der Waals surface area (Å²) in [5.41, 5.74) is 4.27. The highest BCUT2D eigenvalue weighted by atomic mass is 16.5. The van der Waals surface area contributed by atoms with E-state index in [1.165, 1.54) is 16.7 Å². The van der Waals surface area contributed by atoms with Gasteiger partial charge in [-0.1, -0.05) is 55.8 Å². The number of nitrogens with zero attached hydrogens (tertiary/aromatic N) is 3. The molecule has 0 saturated heterocycles. The van der Waals surface area contributed by atoms with E-state index in [2.05, 4.69) is 72.4 Å². The number of aromatic nitrogens is 3. The van der Waals surface area contributed by atoms with Gasteiger partial charge < -0.3 is 9.15 Å². The molecule has 0 bridgehead atoms. The summed E-state index contributed by atoms with van der Waals surface area (Å²) in [6.07, 6.45) is 1.67. The van der Waals surface area contributed by atoms with Crippen molar-refractivity contribution in [3.05, 3.63) is 89.4 Å². The fourth-order valence-corrected chi connectivity index (χ4v) is 3.20. The smallest absolute Gasteiger partial charge is 0.266 e. The lowest BCUT2D eigenvalue weighted by atomic mass is 9.78. The number of rotatable bonds is 5. The molecule has 29 heavy (non-hydrogen) atoms. The SMILES string of the molecule is Cc1ccc(C(C)(C)c2ccc(Oc3ccnc(-c4nnc(C)o4)c3)cc2)cc1. The Morgan fingerprint density at radius 1 is 0.793 bits per heavy atom. The predicted molar refractivity (Wildman–Crippen MR) is 112 cm³/mol. The minimum atomic E-state index is -0.0914. The van der Waals surface area contributed by atoms with Gasteiger partial charge in [0.2, 0.25) is 5.89 Å². The van der Waals surface area contributed by atoms with Crippen LogP contribution in [0.4, 0.5) is 0 Å². The maximum Gasteiger partial charge on any atom is 0.266 e. The van der Waals surface area contributed by atoms with Crippen LogP contribution in [0, 0.1) is 13.8 Å². The predicted octanol–water partition coefficient (Wildman–Crippen LogP) is 5.87. The average Bonchev–Trinajstić information content (AvgIpc) is 3.15. The molecule has 0 fully saturated rings. The molecular weight excluding hydrogens is 362 g/mol. The molecule has 0 aliphatic carbocycles. The van der Waals surface area contributed by atoms with Crippen LogP contribution < -0.4 is 4.74 Å². The molecule has 0 amide bonds. The van der Waals surface area contributed by atoms with Crippen LogP contribution in [0.1, 0.15) is 36.4 Å². The first kappa shape index (κ1) is 18.9. The normalized spacial score (nSPS) is 11.4. The first-order valence-corrected chi connectivity index (χ1v) is 9.54. The highest BCUT2D eigenvalue weighted by Gasteiger charge is 2.23. The maximum absolute atomic E-state index is 6.01. The Morgan fingerprint density at radius 2 is 1.45 bits per heavy atom. The van der Waals surface area contributed by atoms with E-state index in [4.69, 9.17) is 9.15 Å². The van der Waals surface area contributed by atoms with Crippen LogP contribution >= 0.6 is 0 Å². The third-order valence-corrected chi connectivity index (χ3v) is 5.06. The minimum Gasteiger partial charge on any atom is -0.457 e. The fraction of sp³-hybridized carbons (Fsp3) is 0.208. The highest BCUT2D eigenvalue weighted by Crippen LogP contribution is 2.33. The summed E-state index contributed by atoms with van der Waals surface area (Å²) in [4.78, 5) is 4.27. The van der Waals surface area contributed by atoms with Gasteiger partial charge in [0.25, 0.3) is 5.89 Å². The van der Waals surface area contributed by atoms with Gasteiger partial charge in [0.1, 0.15) is 17.2 Å². The molecule has 0 saturated carbocycles. The Kier molecular flexibility index (Phi) is 4.89. The Balaban J connectivity index is 1.53. The van der Waals surface area contributed by atoms with Gasteiger partial charge in [0.05, 0.1) is 0 Å². The van der Waals surface area contributed by atoms with Crippen molar-refractivity contribution in [1.82, 2.24) is 15.2 Å². The van der Waals surface area contributed by atoms with Crippen molar-refractivity contribution >= 4 is 0 Å². The summed E-state index contributed by atoms with van der Waals surface area (Å²) in [6.45, 7) is 8.31. The molecule has 0 spiro atoms. The van der Waals surface area contributed by atoms with E-state index in [1.807, 2.05) is 12.1 Å². The molecule has 0 aliphatic rings. The van der Waals surface area contributed by atoms with E-state index in [0.717, 1.165) is 5.75 Å². The molecule has 4 aromatic rings. The third-order valence-electron chi connectivity index (χ3n) is 5.06. The van der Waals surface area contributed by atoms with Crippen molar-refractivity contribution in [2.24, 2.45) is 0 Å². The molecule has 2 aromatic carbocycles. The second kappa shape index (κ2) is 7.51. The molecule has 0 N–H and O–H groups in total. The Hall–Kier alpha value is -3.47. The molecule has 5 nitrogen and oxygen atoms in total. The van der Waals surface area contributed by atoms with E-state index < -0.39 is 0 Å². The quantitative estimate of drug-likeness (QED) is 0.430. The zero-order valence-corrected chi connectivity index (χ0v) is 17.0. The van der Waals surface area contributed by atoms with Crippen LogP contribution in [0.2, 0.25) is 0 Å². The standard InChI is InChI=1S/C24H23N3O2/c1-16-5-7-18(8-6-16)24(3,4)19-9-11-20(12-10-19)29-21-13-14-25-22(15-21)23-27-26-17(2)28-23/h5-15H,1-4H3. The Morgan fingerprint density at radius 3 is 2.07 bits per heavy atom. The Labute approximate surface area is 170 Å². The van der Waals surface area contributed by atoms with E-state index in [0.29, 0.717) is 23.2 Å².